The van der Waals surface area contributed by atoms with Gasteiger partial charge in [0.25, 0.3) is 5.91 Å². The average Bonchev–Trinajstić information content (AvgIpc) is 3.48. The van der Waals surface area contributed by atoms with Crippen molar-refractivity contribution < 1.29 is 4.79 Å². The zero-order valence-electron chi connectivity index (χ0n) is 13.9. The van der Waals surface area contributed by atoms with Crippen molar-refractivity contribution in [2.45, 2.75) is 18.9 Å². The monoisotopic (exact) mass is 345 g/mol. The van der Waals surface area contributed by atoms with Gasteiger partial charge in [0.15, 0.2) is 0 Å². The Morgan fingerprint density at radius 3 is 1.68 bits per heavy atom. The van der Waals surface area contributed by atoms with E-state index in [-0.39, 0.29) is 5.91 Å². The van der Waals surface area contributed by atoms with E-state index in [1.54, 1.807) is 0 Å². The summed E-state index contributed by atoms with van der Waals surface area (Å²) in [5.41, 5.74) is 0.742. The standard InChI is InChI=1S/C22H20NOP/c24-22(23-18-13-14-18)17-11-15-21(16-12-17)25(19-7-3-1-4-8-19)20-9-5-2-6-10-20/h1-12,15-16,18H,13-14H2,(H,23,24). The van der Waals surface area contributed by atoms with Gasteiger partial charge in [-0.05, 0) is 48.8 Å². The Kier molecular flexibility index (Phi) is 4.63. The molecule has 0 heterocycles. The lowest BCUT2D eigenvalue weighted by atomic mass is 10.2. The molecule has 1 amide bonds. The van der Waals surface area contributed by atoms with E-state index in [4.69, 9.17) is 0 Å². The minimum absolute atomic E-state index is 0.0396. The molecular formula is C22H20NOP. The summed E-state index contributed by atoms with van der Waals surface area (Å²) in [6.07, 6.45) is 2.22. The van der Waals surface area contributed by atoms with Crippen LogP contribution in [0.25, 0.3) is 0 Å². The molecule has 0 atom stereocenters. The van der Waals surface area contributed by atoms with Gasteiger partial charge in [-0.15, -0.1) is 0 Å². The van der Waals surface area contributed by atoms with Gasteiger partial charge in [-0.1, -0.05) is 72.8 Å². The number of carbonyl (C=O) groups excluding carboxylic acids is 1. The van der Waals surface area contributed by atoms with Gasteiger partial charge in [-0.3, -0.25) is 4.79 Å². The summed E-state index contributed by atoms with van der Waals surface area (Å²) >= 11 is 0. The molecule has 1 aliphatic rings. The molecule has 0 aromatic heterocycles. The third kappa shape index (κ3) is 3.81. The lowest BCUT2D eigenvalue weighted by Crippen LogP contribution is -2.26. The third-order valence-corrected chi connectivity index (χ3v) is 6.77. The molecule has 0 spiro atoms. The van der Waals surface area contributed by atoms with Gasteiger partial charge in [-0.25, -0.2) is 0 Å². The number of amides is 1. The topological polar surface area (TPSA) is 29.1 Å². The van der Waals surface area contributed by atoms with Crippen molar-refractivity contribution in [2.75, 3.05) is 0 Å². The SMILES string of the molecule is O=C(NC1CC1)c1ccc(P(c2ccccc2)c2ccccc2)cc1. The molecular weight excluding hydrogens is 325 g/mol. The number of carbonyl (C=O) groups is 1. The minimum atomic E-state index is -0.614. The van der Waals surface area contributed by atoms with Crippen LogP contribution < -0.4 is 21.2 Å². The predicted octanol–water partition coefficient (Wildman–Crippen LogP) is 3.34. The molecule has 0 saturated heterocycles. The van der Waals surface area contributed by atoms with Crippen LogP contribution >= 0.6 is 7.92 Å². The Balaban J connectivity index is 1.66. The normalized spacial score (nSPS) is 13.6. The van der Waals surface area contributed by atoms with E-state index in [9.17, 15) is 4.79 Å². The third-order valence-electron chi connectivity index (χ3n) is 4.33. The molecule has 1 saturated carbocycles. The lowest BCUT2D eigenvalue weighted by molar-refractivity contribution is 0.0951. The number of benzene rings is 3. The van der Waals surface area contributed by atoms with Gasteiger partial charge in [0.1, 0.15) is 0 Å². The quantitative estimate of drug-likeness (QED) is 0.706. The molecule has 25 heavy (non-hydrogen) atoms. The Labute approximate surface area is 149 Å². The number of hydrogen-bond donors (Lipinski definition) is 1. The van der Waals surface area contributed by atoms with E-state index in [1.165, 1.54) is 15.9 Å². The van der Waals surface area contributed by atoms with Gasteiger partial charge in [0, 0.05) is 11.6 Å². The highest BCUT2D eigenvalue weighted by Gasteiger charge is 2.24. The first-order valence-corrected chi connectivity index (χ1v) is 9.96. The van der Waals surface area contributed by atoms with Crippen molar-refractivity contribution in [1.82, 2.24) is 5.32 Å². The van der Waals surface area contributed by atoms with Crippen LogP contribution in [0.1, 0.15) is 23.2 Å². The summed E-state index contributed by atoms with van der Waals surface area (Å²) in [5.74, 6) is 0.0396. The van der Waals surface area contributed by atoms with Crippen molar-refractivity contribution in [3.05, 3.63) is 90.5 Å². The van der Waals surface area contributed by atoms with Gasteiger partial charge in [-0.2, -0.15) is 0 Å². The van der Waals surface area contributed by atoms with Crippen molar-refractivity contribution in [2.24, 2.45) is 0 Å². The lowest BCUT2D eigenvalue weighted by Gasteiger charge is -2.19. The molecule has 124 valence electrons. The van der Waals surface area contributed by atoms with E-state index < -0.39 is 7.92 Å². The predicted molar refractivity (Wildman–Crippen MR) is 106 cm³/mol. The summed E-state index contributed by atoms with van der Waals surface area (Å²) in [7, 11) is -0.614. The van der Waals surface area contributed by atoms with Crippen molar-refractivity contribution >= 4 is 29.7 Å². The fourth-order valence-electron chi connectivity index (χ4n) is 2.86. The fourth-order valence-corrected chi connectivity index (χ4v) is 5.14. The molecule has 2 nitrogen and oxygen atoms in total. The van der Waals surface area contributed by atoms with E-state index in [0.29, 0.717) is 6.04 Å². The summed E-state index contributed by atoms with van der Waals surface area (Å²) in [4.78, 5) is 12.2. The Morgan fingerprint density at radius 2 is 1.20 bits per heavy atom. The molecule has 0 radical (unpaired) electrons. The molecule has 4 rings (SSSR count). The highest BCUT2D eigenvalue weighted by Crippen LogP contribution is 2.32. The van der Waals surface area contributed by atoms with Crippen molar-refractivity contribution in [1.29, 1.82) is 0 Å². The summed E-state index contributed by atoms with van der Waals surface area (Å²) in [6.45, 7) is 0. The first kappa shape index (κ1) is 16.1. The summed E-state index contributed by atoms with van der Waals surface area (Å²) < 4.78 is 0. The van der Waals surface area contributed by atoms with E-state index >= 15 is 0 Å². The van der Waals surface area contributed by atoms with Crippen LogP contribution in [0, 0.1) is 0 Å². The summed E-state index contributed by atoms with van der Waals surface area (Å²) in [6, 6.07) is 29.7. The Morgan fingerprint density at radius 1 is 0.720 bits per heavy atom. The molecule has 1 aliphatic carbocycles. The molecule has 0 aliphatic heterocycles. The van der Waals surface area contributed by atoms with Gasteiger partial charge < -0.3 is 5.32 Å². The van der Waals surface area contributed by atoms with E-state index in [0.717, 1.165) is 18.4 Å². The molecule has 0 unspecified atom stereocenters. The fraction of sp³-hybridized carbons (Fsp3) is 0.136. The number of rotatable bonds is 5. The first-order valence-electron chi connectivity index (χ1n) is 8.62. The number of nitrogens with one attached hydrogen (secondary N) is 1. The largest absolute Gasteiger partial charge is 0.349 e. The maximum atomic E-state index is 12.2. The maximum Gasteiger partial charge on any atom is 0.251 e. The van der Waals surface area contributed by atoms with Crippen molar-refractivity contribution in [3.63, 3.8) is 0 Å². The molecule has 3 aromatic rings. The highest BCUT2D eigenvalue weighted by atomic mass is 31.1. The van der Waals surface area contributed by atoms with Crippen LogP contribution in [0.5, 0.6) is 0 Å². The molecule has 3 heteroatoms. The zero-order chi connectivity index (χ0) is 17.1. The smallest absolute Gasteiger partial charge is 0.251 e. The second kappa shape index (κ2) is 7.21. The van der Waals surface area contributed by atoms with Crippen LogP contribution in [-0.4, -0.2) is 11.9 Å². The maximum absolute atomic E-state index is 12.2. The van der Waals surface area contributed by atoms with Crippen LogP contribution in [0.15, 0.2) is 84.9 Å². The minimum Gasteiger partial charge on any atom is -0.349 e. The Hall–Kier alpha value is -2.44. The second-order valence-corrected chi connectivity index (χ2v) is 8.52. The molecule has 0 bridgehead atoms. The number of hydrogen-bond acceptors (Lipinski definition) is 1. The van der Waals surface area contributed by atoms with E-state index in [1.807, 2.05) is 24.3 Å². The van der Waals surface area contributed by atoms with Gasteiger partial charge >= 0.3 is 0 Å². The molecule has 3 aromatic carbocycles. The first-order chi connectivity index (χ1) is 12.3. The van der Waals surface area contributed by atoms with E-state index in [2.05, 4.69) is 66.0 Å². The highest BCUT2D eigenvalue weighted by molar-refractivity contribution is 7.79. The van der Waals surface area contributed by atoms with Crippen LogP contribution in [0.2, 0.25) is 0 Å². The summed E-state index contributed by atoms with van der Waals surface area (Å²) in [5, 5.41) is 6.94. The van der Waals surface area contributed by atoms with Crippen LogP contribution in [0.3, 0.4) is 0 Å². The van der Waals surface area contributed by atoms with Gasteiger partial charge in [0.2, 0.25) is 0 Å². The van der Waals surface area contributed by atoms with Gasteiger partial charge in [0.05, 0.1) is 0 Å². The average molecular weight is 345 g/mol. The second-order valence-electron chi connectivity index (χ2n) is 6.30. The van der Waals surface area contributed by atoms with Crippen LogP contribution in [0.4, 0.5) is 0 Å². The van der Waals surface area contributed by atoms with Crippen molar-refractivity contribution in [3.8, 4) is 0 Å². The molecule has 1 N–H and O–H groups in total. The Bertz CT molecular complexity index is 803. The zero-order valence-corrected chi connectivity index (χ0v) is 14.8. The van der Waals surface area contributed by atoms with Crippen LogP contribution in [-0.2, 0) is 0 Å². The molecule has 1 fully saturated rings.